The van der Waals surface area contributed by atoms with Crippen molar-refractivity contribution in [1.29, 1.82) is 5.26 Å². The molecule has 1 saturated heterocycles. The summed E-state index contributed by atoms with van der Waals surface area (Å²) in [5.74, 6) is 0.995. The van der Waals surface area contributed by atoms with E-state index < -0.39 is 0 Å². The number of nitrogens with one attached hydrogen (secondary N) is 1. The average Bonchev–Trinajstić information content (AvgIpc) is 3.21. The maximum Gasteiger partial charge on any atom is 0.151 e. The zero-order valence-corrected chi connectivity index (χ0v) is 17.8. The smallest absolute Gasteiger partial charge is 0.151 e. The molecule has 4 heterocycles. The minimum Gasteiger partial charge on any atom is -0.350 e. The van der Waals surface area contributed by atoms with Gasteiger partial charge in [-0.3, -0.25) is 4.57 Å². The van der Waals surface area contributed by atoms with Crippen LogP contribution in [0.3, 0.4) is 0 Å². The minimum absolute atomic E-state index is 0.209. The molecule has 4 aromatic rings. The molecule has 0 aliphatic carbocycles. The van der Waals surface area contributed by atoms with Crippen molar-refractivity contribution >= 4 is 16.9 Å². The molecule has 7 nitrogen and oxygen atoms in total. The standard InChI is InChI=1S/C24H22FN7/c1-15-12-31(16(2)11-28-15)23-22-19(18-5-3-4-6-20(18)25)13-32(24(22)30-14-29-23)21-9-17(10-26)7-8-27-21/h3-9,13-16,28H,11-12H2,1-2H3/t15-,16+/m1/s1. The number of benzene rings is 1. The second-order valence-corrected chi connectivity index (χ2v) is 8.11. The van der Waals surface area contributed by atoms with Crippen molar-refractivity contribution in [3.63, 3.8) is 0 Å². The van der Waals surface area contributed by atoms with E-state index in [9.17, 15) is 9.65 Å². The highest BCUT2D eigenvalue weighted by Crippen LogP contribution is 2.38. The number of nitrogens with zero attached hydrogens (tertiary/aromatic N) is 6. The number of nitriles is 1. The van der Waals surface area contributed by atoms with Gasteiger partial charge in [0, 0.05) is 48.7 Å². The molecule has 1 N–H and O–H groups in total. The van der Waals surface area contributed by atoms with Gasteiger partial charge in [-0.1, -0.05) is 18.2 Å². The van der Waals surface area contributed by atoms with Crippen LogP contribution in [0.4, 0.5) is 10.2 Å². The highest BCUT2D eigenvalue weighted by atomic mass is 19.1. The van der Waals surface area contributed by atoms with E-state index in [4.69, 9.17) is 0 Å². The Hall–Kier alpha value is -3.83. The fourth-order valence-corrected chi connectivity index (χ4v) is 4.26. The Bertz CT molecular complexity index is 1340. The molecule has 8 heteroatoms. The van der Waals surface area contributed by atoms with Crippen molar-refractivity contribution in [2.45, 2.75) is 25.9 Å². The predicted octanol–water partition coefficient (Wildman–Crippen LogP) is 3.68. The van der Waals surface area contributed by atoms with Crippen LogP contribution in [0.15, 0.2) is 55.1 Å². The van der Waals surface area contributed by atoms with Crippen molar-refractivity contribution in [3.8, 4) is 23.0 Å². The van der Waals surface area contributed by atoms with Crippen LogP contribution >= 0.6 is 0 Å². The van der Waals surface area contributed by atoms with Gasteiger partial charge in [0.1, 0.15) is 23.8 Å². The summed E-state index contributed by atoms with van der Waals surface area (Å²) < 4.78 is 16.7. The first-order valence-electron chi connectivity index (χ1n) is 10.5. The zero-order chi connectivity index (χ0) is 22.2. The number of hydrogen-bond acceptors (Lipinski definition) is 6. The molecular weight excluding hydrogens is 405 g/mol. The second-order valence-electron chi connectivity index (χ2n) is 8.11. The van der Waals surface area contributed by atoms with Crippen molar-refractivity contribution in [2.24, 2.45) is 0 Å². The van der Waals surface area contributed by atoms with Crippen LogP contribution in [0.25, 0.3) is 28.0 Å². The summed E-state index contributed by atoms with van der Waals surface area (Å²) in [6.07, 6.45) is 4.96. The largest absolute Gasteiger partial charge is 0.350 e. The first kappa shape index (κ1) is 20.1. The Kier molecular flexibility index (Phi) is 5.04. The molecule has 0 unspecified atom stereocenters. The van der Waals surface area contributed by atoms with Crippen molar-refractivity contribution in [1.82, 2.24) is 24.8 Å². The molecule has 1 aliphatic heterocycles. The SMILES string of the molecule is C[C@@H]1CN(c2ncnc3c2c(-c2ccccc2F)cn3-c2cc(C#N)ccn2)[C@@H](C)CN1. The number of halogens is 1. The van der Waals surface area contributed by atoms with Crippen molar-refractivity contribution in [2.75, 3.05) is 18.0 Å². The molecule has 5 rings (SSSR count). The summed E-state index contributed by atoms with van der Waals surface area (Å²) in [5, 5.41) is 13.6. The van der Waals surface area contributed by atoms with Gasteiger partial charge in [-0.2, -0.15) is 5.26 Å². The van der Waals surface area contributed by atoms with Crippen LogP contribution in [-0.2, 0) is 0 Å². The fourth-order valence-electron chi connectivity index (χ4n) is 4.26. The Balaban J connectivity index is 1.81. The number of hydrogen-bond donors (Lipinski definition) is 1. The maximum atomic E-state index is 14.9. The Morgan fingerprint density at radius 2 is 1.97 bits per heavy atom. The molecule has 0 saturated carbocycles. The number of fused-ring (bicyclic) bond motifs is 1. The van der Waals surface area contributed by atoms with Gasteiger partial charge in [-0.05, 0) is 32.0 Å². The van der Waals surface area contributed by atoms with Crippen LogP contribution in [0.5, 0.6) is 0 Å². The fraction of sp³-hybridized carbons (Fsp3) is 0.250. The van der Waals surface area contributed by atoms with Gasteiger partial charge in [0.25, 0.3) is 0 Å². The highest BCUT2D eigenvalue weighted by Gasteiger charge is 2.28. The minimum atomic E-state index is -0.318. The molecule has 32 heavy (non-hydrogen) atoms. The average molecular weight is 427 g/mol. The number of aromatic nitrogens is 4. The lowest BCUT2D eigenvalue weighted by molar-refractivity contribution is 0.423. The molecule has 1 fully saturated rings. The van der Waals surface area contributed by atoms with E-state index in [2.05, 4.69) is 45.1 Å². The molecule has 0 radical (unpaired) electrons. The van der Waals surface area contributed by atoms with E-state index in [1.807, 2.05) is 12.3 Å². The van der Waals surface area contributed by atoms with E-state index in [0.717, 1.165) is 24.3 Å². The van der Waals surface area contributed by atoms with Gasteiger partial charge in [0.2, 0.25) is 0 Å². The molecule has 0 amide bonds. The maximum absolute atomic E-state index is 14.9. The van der Waals surface area contributed by atoms with Gasteiger partial charge in [-0.15, -0.1) is 0 Å². The lowest BCUT2D eigenvalue weighted by Gasteiger charge is -2.38. The quantitative estimate of drug-likeness (QED) is 0.537. The summed E-state index contributed by atoms with van der Waals surface area (Å²) in [5.41, 5.74) is 2.27. The van der Waals surface area contributed by atoms with Crippen LogP contribution in [0.1, 0.15) is 19.4 Å². The molecule has 160 valence electrons. The van der Waals surface area contributed by atoms with Gasteiger partial charge < -0.3 is 10.2 Å². The predicted molar refractivity (Wildman–Crippen MR) is 121 cm³/mol. The Morgan fingerprint density at radius 1 is 1.12 bits per heavy atom. The summed E-state index contributed by atoms with van der Waals surface area (Å²) in [6.45, 7) is 5.88. The molecule has 2 atom stereocenters. The first-order chi connectivity index (χ1) is 15.6. The number of pyridine rings is 1. The van der Waals surface area contributed by atoms with E-state index >= 15 is 0 Å². The van der Waals surface area contributed by atoms with E-state index in [1.165, 1.54) is 12.4 Å². The van der Waals surface area contributed by atoms with Crippen LogP contribution in [0.2, 0.25) is 0 Å². The van der Waals surface area contributed by atoms with E-state index in [1.54, 1.807) is 35.0 Å². The third kappa shape index (κ3) is 3.37. The highest BCUT2D eigenvalue weighted by molar-refractivity contribution is 6.02. The van der Waals surface area contributed by atoms with E-state index in [0.29, 0.717) is 34.2 Å². The number of piperazine rings is 1. The third-order valence-electron chi connectivity index (χ3n) is 5.88. The van der Waals surface area contributed by atoms with Gasteiger partial charge >= 0.3 is 0 Å². The summed E-state index contributed by atoms with van der Waals surface area (Å²) >= 11 is 0. The van der Waals surface area contributed by atoms with Gasteiger partial charge in [-0.25, -0.2) is 19.3 Å². The molecule has 0 spiro atoms. The van der Waals surface area contributed by atoms with E-state index in [-0.39, 0.29) is 11.9 Å². The number of rotatable bonds is 3. The summed E-state index contributed by atoms with van der Waals surface area (Å²) in [6, 6.07) is 12.7. The first-order valence-corrected chi connectivity index (χ1v) is 10.5. The molecule has 1 aliphatic rings. The van der Waals surface area contributed by atoms with Gasteiger partial charge in [0.15, 0.2) is 5.65 Å². The zero-order valence-electron chi connectivity index (χ0n) is 17.8. The monoisotopic (exact) mass is 427 g/mol. The van der Waals surface area contributed by atoms with Crippen molar-refractivity contribution < 1.29 is 4.39 Å². The Labute approximate surface area is 185 Å². The Morgan fingerprint density at radius 3 is 2.78 bits per heavy atom. The van der Waals surface area contributed by atoms with Crippen molar-refractivity contribution in [3.05, 3.63) is 66.5 Å². The molecule has 3 aromatic heterocycles. The number of anilines is 1. The van der Waals surface area contributed by atoms with Gasteiger partial charge in [0.05, 0.1) is 17.0 Å². The molecular formula is C24H22FN7. The lowest BCUT2D eigenvalue weighted by Crippen LogP contribution is -2.54. The molecule has 1 aromatic carbocycles. The summed E-state index contributed by atoms with van der Waals surface area (Å²) in [7, 11) is 0. The van der Waals surface area contributed by atoms with Crippen LogP contribution in [0, 0.1) is 17.1 Å². The second kappa shape index (κ2) is 8.02. The lowest BCUT2D eigenvalue weighted by atomic mass is 10.0. The summed E-state index contributed by atoms with van der Waals surface area (Å²) in [4.78, 5) is 15.9. The molecule has 0 bridgehead atoms. The van der Waals surface area contributed by atoms with Crippen LogP contribution < -0.4 is 10.2 Å². The topological polar surface area (TPSA) is 82.7 Å². The normalized spacial score (nSPS) is 18.6. The third-order valence-corrected chi connectivity index (χ3v) is 5.88. The van der Waals surface area contributed by atoms with Crippen LogP contribution in [-0.4, -0.2) is 44.7 Å².